The predicted molar refractivity (Wildman–Crippen MR) is 88.3 cm³/mol. The Hall–Kier alpha value is -0.340. The van der Waals surface area contributed by atoms with Gasteiger partial charge in [-0.15, -0.1) is 0 Å². The van der Waals surface area contributed by atoms with E-state index in [0.29, 0.717) is 18.2 Å². The fraction of sp³-hybridized carbons (Fsp3) is 0.895. The lowest BCUT2D eigenvalue weighted by Crippen LogP contribution is -2.48. The van der Waals surface area contributed by atoms with Crippen molar-refractivity contribution in [2.75, 3.05) is 7.11 Å². The number of fused-ring (bicyclic) bond motifs is 1. The SMILES string of the molecule is COC1CCC2C(C)=C(C3NC(C)CCC3C)CCC2C1. The van der Waals surface area contributed by atoms with Crippen LogP contribution in [0.4, 0.5) is 0 Å². The summed E-state index contributed by atoms with van der Waals surface area (Å²) in [6.07, 6.45) is 9.83. The number of hydrogen-bond donors (Lipinski definition) is 1. The third-order valence-electron chi connectivity index (χ3n) is 6.58. The van der Waals surface area contributed by atoms with E-state index < -0.39 is 0 Å². The van der Waals surface area contributed by atoms with E-state index in [0.717, 1.165) is 17.8 Å². The van der Waals surface area contributed by atoms with Gasteiger partial charge >= 0.3 is 0 Å². The van der Waals surface area contributed by atoms with Gasteiger partial charge < -0.3 is 10.1 Å². The first kappa shape index (κ1) is 15.6. The molecule has 0 aromatic carbocycles. The molecule has 2 fully saturated rings. The fourth-order valence-electron chi connectivity index (χ4n) is 5.18. The largest absolute Gasteiger partial charge is 0.381 e. The molecule has 1 saturated carbocycles. The Morgan fingerprint density at radius 2 is 1.86 bits per heavy atom. The maximum atomic E-state index is 5.62. The van der Waals surface area contributed by atoms with E-state index in [2.05, 4.69) is 26.1 Å². The molecule has 2 aliphatic carbocycles. The molecule has 1 N–H and O–H groups in total. The number of piperidine rings is 1. The zero-order valence-corrected chi connectivity index (χ0v) is 14.3. The Bertz CT molecular complexity index is 402. The first-order valence-electron chi connectivity index (χ1n) is 9.08. The van der Waals surface area contributed by atoms with Gasteiger partial charge in [0.1, 0.15) is 0 Å². The smallest absolute Gasteiger partial charge is 0.0574 e. The number of ether oxygens (including phenoxy) is 1. The average molecular weight is 291 g/mol. The van der Waals surface area contributed by atoms with Crippen LogP contribution in [0, 0.1) is 17.8 Å². The molecule has 2 heteroatoms. The molecule has 1 heterocycles. The quantitative estimate of drug-likeness (QED) is 0.766. The highest BCUT2D eigenvalue weighted by molar-refractivity contribution is 5.26. The monoisotopic (exact) mass is 291 g/mol. The van der Waals surface area contributed by atoms with Crippen LogP contribution in [-0.4, -0.2) is 25.3 Å². The summed E-state index contributed by atoms with van der Waals surface area (Å²) >= 11 is 0. The van der Waals surface area contributed by atoms with Crippen molar-refractivity contribution in [3.05, 3.63) is 11.1 Å². The van der Waals surface area contributed by atoms with Gasteiger partial charge in [0, 0.05) is 19.2 Å². The molecule has 3 aliphatic rings. The van der Waals surface area contributed by atoms with Crippen molar-refractivity contribution >= 4 is 0 Å². The van der Waals surface area contributed by atoms with E-state index in [1.54, 1.807) is 11.1 Å². The maximum Gasteiger partial charge on any atom is 0.0574 e. The summed E-state index contributed by atoms with van der Waals surface area (Å²) < 4.78 is 5.62. The van der Waals surface area contributed by atoms with E-state index >= 15 is 0 Å². The predicted octanol–water partition coefficient (Wildman–Crippen LogP) is 4.30. The van der Waals surface area contributed by atoms with Crippen LogP contribution in [0.15, 0.2) is 11.1 Å². The van der Waals surface area contributed by atoms with Gasteiger partial charge in [-0.1, -0.05) is 18.1 Å². The van der Waals surface area contributed by atoms with Crippen LogP contribution >= 0.6 is 0 Å². The molecule has 0 spiro atoms. The molecule has 3 rings (SSSR count). The second kappa shape index (κ2) is 6.42. The minimum Gasteiger partial charge on any atom is -0.381 e. The maximum absolute atomic E-state index is 5.62. The second-order valence-electron chi connectivity index (χ2n) is 7.88. The Labute approximate surface area is 130 Å². The van der Waals surface area contributed by atoms with Crippen LogP contribution in [0.25, 0.3) is 0 Å². The van der Waals surface area contributed by atoms with Crippen molar-refractivity contribution in [2.24, 2.45) is 17.8 Å². The fourth-order valence-corrected chi connectivity index (χ4v) is 5.18. The molecule has 21 heavy (non-hydrogen) atoms. The zero-order valence-electron chi connectivity index (χ0n) is 14.3. The van der Waals surface area contributed by atoms with Crippen LogP contribution < -0.4 is 5.32 Å². The normalized spacial score (nSPS) is 44.6. The molecule has 1 aliphatic heterocycles. The van der Waals surface area contributed by atoms with Crippen molar-refractivity contribution in [2.45, 2.75) is 83.9 Å². The molecule has 0 aromatic rings. The summed E-state index contributed by atoms with van der Waals surface area (Å²) in [5, 5.41) is 3.90. The Kier molecular flexibility index (Phi) is 4.75. The molecule has 0 radical (unpaired) electrons. The molecular formula is C19H33NO. The minimum absolute atomic E-state index is 0.521. The van der Waals surface area contributed by atoms with Gasteiger partial charge in [-0.25, -0.2) is 0 Å². The van der Waals surface area contributed by atoms with Gasteiger partial charge in [-0.3, -0.25) is 0 Å². The number of rotatable bonds is 2. The van der Waals surface area contributed by atoms with Crippen LogP contribution in [0.1, 0.15) is 65.7 Å². The van der Waals surface area contributed by atoms with Crippen LogP contribution in [-0.2, 0) is 4.74 Å². The molecule has 6 atom stereocenters. The highest BCUT2D eigenvalue weighted by Gasteiger charge is 2.38. The average Bonchev–Trinajstić information content (AvgIpc) is 2.50. The van der Waals surface area contributed by atoms with Crippen LogP contribution in [0.2, 0.25) is 0 Å². The van der Waals surface area contributed by atoms with Crippen molar-refractivity contribution in [3.63, 3.8) is 0 Å². The van der Waals surface area contributed by atoms with Crippen molar-refractivity contribution in [1.29, 1.82) is 0 Å². The Morgan fingerprint density at radius 3 is 2.62 bits per heavy atom. The van der Waals surface area contributed by atoms with Gasteiger partial charge in [-0.2, -0.15) is 0 Å². The molecule has 6 unspecified atom stereocenters. The topological polar surface area (TPSA) is 21.3 Å². The van der Waals surface area contributed by atoms with Gasteiger partial charge in [0.15, 0.2) is 0 Å². The summed E-state index contributed by atoms with van der Waals surface area (Å²) in [6.45, 7) is 7.23. The van der Waals surface area contributed by atoms with Crippen LogP contribution in [0.5, 0.6) is 0 Å². The summed E-state index contributed by atoms with van der Waals surface area (Å²) in [4.78, 5) is 0. The third-order valence-corrected chi connectivity index (χ3v) is 6.58. The first-order chi connectivity index (χ1) is 10.1. The van der Waals surface area contributed by atoms with E-state index in [1.165, 1.54) is 44.9 Å². The molecule has 1 saturated heterocycles. The molecular weight excluding hydrogens is 258 g/mol. The van der Waals surface area contributed by atoms with Crippen molar-refractivity contribution in [3.8, 4) is 0 Å². The highest BCUT2D eigenvalue weighted by atomic mass is 16.5. The van der Waals surface area contributed by atoms with Crippen molar-refractivity contribution < 1.29 is 4.74 Å². The lowest BCUT2D eigenvalue weighted by Gasteiger charge is -2.44. The van der Waals surface area contributed by atoms with Gasteiger partial charge in [0.25, 0.3) is 0 Å². The first-order valence-corrected chi connectivity index (χ1v) is 9.08. The minimum atomic E-state index is 0.521. The molecule has 0 amide bonds. The summed E-state index contributed by atoms with van der Waals surface area (Å²) in [5.41, 5.74) is 3.51. The van der Waals surface area contributed by atoms with Gasteiger partial charge in [0.2, 0.25) is 0 Å². The molecule has 2 nitrogen and oxygen atoms in total. The standard InChI is InChI=1S/C19H33NO/c1-12-5-6-13(2)20-19(12)18-9-7-15-11-16(21-4)8-10-17(15)14(18)3/h12-13,15-17,19-20H,5-11H2,1-4H3. The number of methoxy groups -OCH3 is 1. The highest BCUT2D eigenvalue weighted by Crippen LogP contribution is 2.46. The number of nitrogens with one attached hydrogen (secondary N) is 1. The number of allylic oxidation sites excluding steroid dienone is 1. The summed E-state index contributed by atoms with van der Waals surface area (Å²) in [7, 11) is 1.89. The lowest BCUT2D eigenvalue weighted by atomic mass is 9.65. The van der Waals surface area contributed by atoms with Crippen LogP contribution in [0.3, 0.4) is 0 Å². The summed E-state index contributed by atoms with van der Waals surface area (Å²) in [5.74, 6) is 2.52. The lowest BCUT2D eigenvalue weighted by molar-refractivity contribution is 0.0301. The molecule has 120 valence electrons. The molecule has 0 bridgehead atoms. The Balaban J connectivity index is 1.77. The number of hydrogen-bond acceptors (Lipinski definition) is 2. The van der Waals surface area contributed by atoms with E-state index in [-0.39, 0.29) is 0 Å². The third kappa shape index (κ3) is 3.07. The van der Waals surface area contributed by atoms with Gasteiger partial charge in [0.05, 0.1) is 6.10 Å². The second-order valence-corrected chi connectivity index (χ2v) is 7.88. The van der Waals surface area contributed by atoms with E-state index in [4.69, 9.17) is 4.74 Å². The van der Waals surface area contributed by atoms with Gasteiger partial charge in [-0.05, 0) is 76.5 Å². The van der Waals surface area contributed by atoms with E-state index in [1.807, 2.05) is 7.11 Å². The Morgan fingerprint density at radius 1 is 1.05 bits per heavy atom. The zero-order chi connectivity index (χ0) is 15.0. The molecule has 0 aromatic heterocycles. The van der Waals surface area contributed by atoms with E-state index in [9.17, 15) is 0 Å². The van der Waals surface area contributed by atoms with Crippen molar-refractivity contribution in [1.82, 2.24) is 5.32 Å². The summed E-state index contributed by atoms with van der Waals surface area (Å²) in [6, 6.07) is 1.34.